The molecule has 22 heavy (non-hydrogen) atoms. The van der Waals surface area contributed by atoms with Gasteiger partial charge in [0.15, 0.2) is 15.0 Å². The van der Waals surface area contributed by atoms with E-state index in [1.807, 2.05) is 0 Å². The van der Waals surface area contributed by atoms with Gasteiger partial charge in [-0.25, -0.2) is 8.42 Å². The number of thioether (sulfide) groups is 1. The molecular weight excluding hydrogens is 392 g/mol. The van der Waals surface area contributed by atoms with Gasteiger partial charge in [0.25, 0.3) is 0 Å². The third kappa shape index (κ3) is 2.93. The summed E-state index contributed by atoms with van der Waals surface area (Å²) in [6.45, 7) is 0. The van der Waals surface area contributed by atoms with Gasteiger partial charge in [0.05, 0.1) is 37.5 Å². The van der Waals surface area contributed by atoms with E-state index in [9.17, 15) is 8.42 Å². The molecule has 0 bridgehead atoms. The van der Waals surface area contributed by atoms with Gasteiger partial charge in [-0.15, -0.1) is 17.0 Å². The Labute approximate surface area is 144 Å². The van der Waals surface area contributed by atoms with E-state index in [2.05, 4.69) is 0 Å². The fraction of sp³-hybridized carbons (Fsp3) is 0.462. The standard InChI is InChI=1S/C13H16N2O4S2.BrH/c1-18-8-3-4-11(19-2)9(5-8)15-10-6-21(16,17)7-12(10)20-13(15)14;/h3-5,10,12,14H,6-7H2,1-2H3;1H. The van der Waals surface area contributed by atoms with E-state index >= 15 is 0 Å². The van der Waals surface area contributed by atoms with Crippen LogP contribution in [0.25, 0.3) is 0 Å². The first-order valence-corrected chi connectivity index (χ1v) is 9.12. The average Bonchev–Trinajstić information content (AvgIpc) is 2.88. The van der Waals surface area contributed by atoms with Gasteiger partial charge in [-0.1, -0.05) is 11.8 Å². The molecule has 1 N–H and O–H groups in total. The predicted octanol–water partition coefficient (Wildman–Crippen LogP) is 1.94. The number of anilines is 1. The predicted molar refractivity (Wildman–Crippen MR) is 93.9 cm³/mol. The van der Waals surface area contributed by atoms with Crippen LogP contribution in [0.1, 0.15) is 0 Å². The average molecular weight is 409 g/mol. The van der Waals surface area contributed by atoms with E-state index < -0.39 is 9.84 Å². The molecule has 2 aliphatic heterocycles. The molecule has 6 nitrogen and oxygen atoms in total. The summed E-state index contributed by atoms with van der Waals surface area (Å²) >= 11 is 1.31. The van der Waals surface area contributed by atoms with Crippen LogP contribution in [0.5, 0.6) is 11.5 Å². The summed E-state index contributed by atoms with van der Waals surface area (Å²) in [4.78, 5) is 1.75. The smallest absolute Gasteiger partial charge is 0.161 e. The van der Waals surface area contributed by atoms with E-state index in [-0.39, 0.29) is 39.8 Å². The van der Waals surface area contributed by atoms with Crippen LogP contribution in [-0.2, 0) is 9.84 Å². The maximum atomic E-state index is 11.8. The van der Waals surface area contributed by atoms with Gasteiger partial charge < -0.3 is 14.4 Å². The second-order valence-corrected chi connectivity index (χ2v) is 8.40. The van der Waals surface area contributed by atoms with E-state index in [0.29, 0.717) is 22.4 Å². The highest BCUT2D eigenvalue weighted by Crippen LogP contribution is 2.44. The highest BCUT2D eigenvalue weighted by molar-refractivity contribution is 8.93. The Bertz CT molecular complexity index is 695. The van der Waals surface area contributed by atoms with Crippen molar-refractivity contribution in [1.29, 1.82) is 5.41 Å². The lowest BCUT2D eigenvalue weighted by molar-refractivity contribution is 0.403. The van der Waals surface area contributed by atoms with E-state index in [0.717, 1.165) is 0 Å². The van der Waals surface area contributed by atoms with Gasteiger partial charge in [0.1, 0.15) is 11.5 Å². The van der Waals surface area contributed by atoms with Crippen molar-refractivity contribution in [2.45, 2.75) is 11.3 Å². The van der Waals surface area contributed by atoms with E-state index in [1.165, 1.54) is 11.8 Å². The largest absolute Gasteiger partial charge is 0.497 e. The van der Waals surface area contributed by atoms with Crippen LogP contribution in [0.3, 0.4) is 0 Å². The summed E-state index contributed by atoms with van der Waals surface area (Å²) in [7, 11) is 0.0882. The number of ether oxygens (including phenoxy) is 2. The van der Waals surface area contributed by atoms with Crippen LogP contribution < -0.4 is 14.4 Å². The Kier molecular flexibility index (Phi) is 4.98. The van der Waals surface area contributed by atoms with Crippen LogP contribution in [0, 0.1) is 5.41 Å². The maximum Gasteiger partial charge on any atom is 0.161 e. The van der Waals surface area contributed by atoms with Crippen molar-refractivity contribution in [2.24, 2.45) is 0 Å². The first-order chi connectivity index (χ1) is 9.95. The molecule has 122 valence electrons. The number of hydrogen-bond acceptors (Lipinski definition) is 6. The Morgan fingerprint density at radius 2 is 2.00 bits per heavy atom. The lowest BCUT2D eigenvalue weighted by atomic mass is 10.2. The molecule has 0 aliphatic carbocycles. The number of sulfone groups is 1. The van der Waals surface area contributed by atoms with Crippen LogP contribution in [-0.4, -0.2) is 50.6 Å². The molecule has 2 unspecified atom stereocenters. The van der Waals surface area contributed by atoms with Crippen molar-refractivity contribution in [3.05, 3.63) is 18.2 Å². The zero-order chi connectivity index (χ0) is 15.2. The molecule has 0 radical (unpaired) electrons. The number of hydrogen-bond donors (Lipinski definition) is 1. The normalized spacial score (nSPS) is 25.5. The van der Waals surface area contributed by atoms with Crippen molar-refractivity contribution >= 4 is 49.4 Å². The van der Waals surface area contributed by atoms with Gasteiger partial charge in [-0.3, -0.25) is 5.41 Å². The molecular formula is C13H17BrN2O4S2. The van der Waals surface area contributed by atoms with Gasteiger partial charge >= 0.3 is 0 Å². The van der Waals surface area contributed by atoms with Crippen molar-refractivity contribution in [1.82, 2.24) is 0 Å². The first kappa shape index (κ1) is 17.4. The summed E-state index contributed by atoms with van der Waals surface area (Å²) < 4.78 is 34.3. The quantitative estimate of drug-likeness (QED) is 0.822. The minimum Gasteiger partial charge on any atom is -0.497 e. The maximum absolute atomic E-state index is 11.8. The molecule has 9 heteroatoms. The molecule has 1 aromatic rings. The first-order valence-electron chi connectivity index (χ1n) is 6.42. The fourth-order valence-electron chi connectivity index (χ4n) is 2.77. The molecule has 0 amide bonds. The fourth-order valence-corrected chi connectivity index (χ4v) is 6.56. The lowest BCUT2D eigenvalue weighted by Gasteiger charge is -2.26. The zero-order valence-corrected chi connectivity index (χ0v) is 15.5. The lowest BCUT2D eigenvalue weighted by Crippen LogP contribution is -2.37. The Balaban J connectivity index is 0.00000176. The number of nitrogens with one attached hydrogen (secondary N) is 1. The van der Waals surface area contributed by atoms with Crippen LogP contribution >= 0.6 is 28.7 Å². The molecule has 3 rings (SSSR count). The molecule has 2 saturated heterocycles. The van der Waals surface area contributed by atoms with Crippen molar-refractivity contribution in [2.75, 3.05) is 30.6 Å². The molecule has 1 aromatic carbocycles. The Morgan fingerprint density at radius 1 is 1.27 bits per heavy atom. The van der Waals surface area contributed by atoms with Gasteiger partial charge in [-0.05, 0) is 12.1 Å². The number of nitrogens with zero attached hydrogens (tertiary/aromatic N) is 1. The zero-order valence-electron chi connectivity index (χ0n) is 12.1. The third-order valence-electron chi connectivity index (χ3n) is 3.73. The van der Waals surface area contributed by atoms with Crippen molar-refractivity contribution in [3.63, 3.8) is 0 Å². The van der Waals surface area contributed by atoms with Gasteiger partial charge in [0.2, 0.25) is 0 Å². The minimum absolute atomic E-state index is 0. The van der Waals surface area contributed by atoms with Crippen molar-refractivity contribution < 1.29 is 17.9 Å². The molecule has 0 spiro atoms. The molecule has 2 fully saturated rings. The van der Waals surface area contributed by atoms with Crippen LogP contribution in [0.15, 0.2) is 18.2 Å². The highest BCUT2D eigenvalue weighted by atomic mass is 79.9. The Hall–Kier alpha value is -0.930. The molecule has 2 aliphatic rings. The number of halogens is 1. The molecule has 2 heterocycles. The van der Waals surface area contributed by atoms with Crippen LogP contribution in [0.4, 0.5) is 5.69 Å². The molecule has 2 atom stereocenters. The van der Waals surface area contributed by atoms with Gasteiger partial charge in [-0.2, -0.15) is 0 Å². The topological polar surface area (TPSA) is 79.7 Å². The van der Waals surface area contributed by atoms with Crippen LogP contribution in [0.2, 0.25) is 0 Å². The summed E-state index contributed by atoms with van der Waals surface area (Å²) in [6, 6.07) is 5.11. The number of fused-ring (bicyclic) bond motifs is 1. The van der Waals surface area contributed by atoms with Crippen molar-refractivity contribution in [3.8, 4) is 11.5 Å². The number of benzene rings is 1. The van der Waals surface area contributed by atoms with Gasteiger partial charge in [0, 0.05) is 11.3 Å². The third-order valence-corrected chi connectivity index (χ3v) is 6.86. The summed E-state index contributed by atoms with van der Waals surface area (Å²) in [5.41, 5.74) is 0.680. The SMILES string of the molecule is Br.COc1ccc(OC)c(N2C(=N)SC3CS(=O)(=O)CC32)c1. The molecule has 0 aromatic heterocycles. The van der Waals surface area contributed by atoms with E-state index in [1.54, 1.807) is 37.3 Å². The summed E-state index contributed by atoms with van der Waals surface area (Å²) in [6.07, 6.45) is 0. The minimum atomic E-state index is -3.04. The number of amidine groups is 1. The van der Waals surface area contributed by atoms with E-state index in [4.69, 9.17) is 14.9 Å². The second kappa shape index (κ2) is 6.29. The Morgan fingerprint density at radius 3 is 2.64 bits per heavy atom. The molecule has 0 saturated carbocycles. The second-order valence-electron chi connectivity index (χ2n) is 5.01. The highest BCUT2D eigenvalue weighted by Gasteiger charge is 2.49. The summed E-state index contributed by atoms with van der Waals surface area (Å²) in [5, 5.41) is 8.44. The summed E-state index contributed by atoms with van der Waals surface area (Å²) in [5.74, 6) is 1.46. The number of rotatable bonds is 3. The number of methoxy groups -OCH3 is 2. The monoisotopic (exact) mass is 408 g/mol.